The number of nitrogens with one attached hydrogen (secondary N) is 1. The second-order valence-corrected chi connectivity index (χ2v) is 8.97. The summed E-state index contributed by atoms with van der Waals surface area (Å²) in [4.78, 5) is 27.4. The Morgan fingerprint density at radius 2 is 1.70 bits per heavy atom. The Morgan fingerprint density at radius 3 is 2.33 bits per heavy atom. The minimum atomic E-state index is -0.540. The molecule has 0 unspecified atom stereocenters. The van der Waals surface area contributed by atoms with E-state index in [2.05, 4.69) is 17.4 Å². The van der Waals surface area contributed by atoms with E-state index in [0.29, 0.717) is 23.7 Å². The largest absolute Gasteiger partial charge is 0.352 e. The van der Waals surface area contributed by atoms with Crippen LogP contribution in [-0.4, -0.2) is 34.6 Å². The van der Waals surface area contributed by atoms with Crippen molar-refractivity contribution in [3.8, 4) is 0 Å². The molecule has 0 saturated carbocycles. The summed E-state index contributed by atoms with van der Waals surface area (Å²) in [5.74, 6) is 1.45. The zero-order chi connectivity index (χ0) is 21.9. The first-order valence-corrected chi connectivity index (χ1v) is 11.9. The van der Waals surface area contributed by atoms with Gasteiger partial charge in [0.05, 0.1) is 0 Å². The van der Waals surface area contributed by atoms with E-state index >= 15 is 0 Å². The molecule has 2 rings (SSSR count). The fraction of sp³-hybridized carbons (Fsp3) is 0.417. The smallest absolute Gasteiger partial charge is 0.242 e. The highest BCUT2D eigenvalue weighted by atomic mass is 35.5. The number of carbonyl (C=O) groups excluding carboxylic acids is 2. The molecule has 0 spiro atoms. The number of rotatable bonds is 11. The van der Waals surface area contributed by atoms with Crippen molar-refractivity contribution in [2.24, 2.45) is 0 Å². The van der Waals surface area contributed by atoms with Crippen molar-refractivity contribution in [2.45, 2.75) is 58.0 Å². The molecule has 0 aliphatic heterocycles. The van der Waals surface area contributed by atoms with Gasteiger partial charge in [-0.05, 0) is 43.5 Å². The molecule has 2 aromatic carbocycles. The Kier molecular flexibility index (Phi) is 10.2. The summed E-state index contributed by atoms with van der Waals surface area (Å²) in [5.41, 5.74) is 2.20. The van der Waals surface area contributed by atoms with Gasteiger partial charge in [0.25, 0.3) is 0 Å². The van der Waals surface area contributed by atoms with Gasteiger partial charge in [-0.1, -0.05) is 61.0 Å². The van der Waals surface area contributed by atoms with Gasteiger partial charge in [0.1, 0.15) is 6.04 Å². The van der Waals surface area contributed by atoms with Crippen molar-refractivity contribution < 1.29 is 9.59 Å². The fourth-order valence-corrected chi connectivity index (χ4v) is 3.92. The second-order valence-electron chi connectivity index (χ2n) is 7.43. The van der Waals surface area contributed by atoms with Crippen LogP contribution in [0.25, 0.3) is 0 Å². The van der Waals surface area contributed by atoms with Crippen molar-refractivity contribution >= 4 is 35.2 Å². The molecule has 162 valence electrons. The molecule has 0 aromatic heterocycles. The molecule has 4 nitrogen and oxygen atoms in total. The Bertz CT molecular complexity index is 799. The molecule has 0 heterocycles. The minimum absolute atomic E-state index is 0.0164. The van der Waals surface area contributed by atoms with Crippen molar-refractivity contribution in [2.75, 3.05) is 5.75 Å². The zero-order valence-electron chi connectivity index (χ0n) is 17.9. The van der Waals surface area contributed by atoms with Gasteiger partial charge < -0.3 is 10.2 Å². The Morgan fingerprint density at radius 1 is 1.03 bits per heavy atom. The van der Waals surface area contributed by atoms with Gasteiger partial charge in [-0.3, -0.25) is 9.59 Å². The van der Waals surface area contributed by atoms with Crippen LogP contribution in [0, 0.1) is 0 Å². The van der Waals surface area contributed by atoms with Crippen LogP contribution in [0.1, 0.15) is 44.7 Å². The quantitative estimate of drug-likeness (QED) is 0.477. The van der Waals surface area contributed by atoms with Crippen LogP contribution in [0.3, 0.4) is 0 Å². The summed E-state index contributed by atoms with van der Waals surface area (Å²) in [7, 11) is 0. The van der Waals surface area contributed by atoms with Gasteiger partial charge in [0.2, 0.25) is 11.8 Å². The SMILES string of the molecule is CC[C@H](C)NC(=O)[C@@H](C)N(Cc1ccc(Cl)cc1)C(=O)CCSCc1ccccc1. The lowest BCUT2D eigenvalue weighted by atomic mass is 10.1. The predicted octanol–water partition coefficient (Wildman–Crippen LogP) is 5.30. The van der Waals surface area contributed by atoms with Gasteiger partial charge in [-0.25, -0.2) is 0 Å². The van der Waals surface area contributed by atoms with Crippen LogP contribution in [0.4, 0.5) is 0 Å². The lowest BCUT2D eigenvalue weighted by Gasteiger charge is -2.29. The number of halogens is 1. The van der Waals surface area contributed by atoms with Gasteiger partial charge in [0, 0.05) is 35.5 Å². The van der Waals surface area contributed by atoms with E-state index in [-0.39, 0.29) is 17.9 Å². The maximum atomic E-state index is 13.0. The highest BCUT2D eigenvalue weighted by Crippen LogP contribution is 2.17. The van der Waals surface area contributed by atoms with Crippen LogP contribution in [0.15, 0.2) is 54.6 Å². The Labute approximate surface area is 189 Å². The summed E-state index contributed by atoms with van der Waals surface area (Å²) in [6, 6.07) is 17.1. The summed E-state index contributed by atoms with van der Waals surface area (Å²) in [6.45, 7) is 6.17. The van der Waals surface area contributed by atoms with Crippen LogP contribution in [-0.2, 0) is 21.9 Å². The number of benzene rings is 2. The highest BCUT2D eigenvalue weighted by Gasteiger charge is 2.26. The van der Waals surface area contributed by atoms with Crippen molar-refractivity contribution in [1.82, 2.24) is 10.2 Å². The van der Waals surface area contributed by atoms with Crippen LogP contribution >= 0.6 is 23.4 Å². The molecule has 2 aromatic rings. The molecule has 0 saturated heterocycles. The average molecular weight is 447 g/mol. The van der Waals surface area contributed by atoms with Gasteiger partial charge in [-0.2, -0.15) is 11.8 Å². The minimum Gasteiger partial charge on any atom is -0.352 e. The number of nitrogens with zero attached hydrogens (tertiary/aromatic N) is 1. The van der Waals surface area contributed by atoms with E-state index < -0.39 is 6.04 Å². The molecule has 0 radical (unpaired) electrons. The molecule has 2 atom stereocenters. The van der Waals surface area contributed by atoms with Crippen molar-refractivity contribution in [1.29, 1.82) is 0 Å². The highest BCUT2D eigenvalue weighted by molar-refractivity contribution is 7.98. The van der Waals surface area contributed by atoms with Crippen LogP contribution in [0.2, 0.25) is 5.02 Å². The first-order chi connectivity index (χ1) is 14.4. The summed E-state index contributed by atoms with van der Waals surface area (Å²) in [6.07, 6.45) is 1.24. The normalized spacial score (nSPS) is 12.8. The van der Waals surface area contributed by atoms with Crippen LogP contribution < -0.4 is 5.32 Å². The van der Waals surface area contributed by atoms with Gasteiger partial charge in [0.15, 0.2) is 0 Å². The summed E-state index contributed by atoms with van der Waals surface area (Å²) in [5, 5.41) is 3.64. The maximum Gasteiger partial charge on any atom is 0.242 e. The van der Waals surface area contributed by atoms with Gasteiger partial charge >= 0.3 is 0 Å². The predicted molar refractivity (Wildman–Crippen MR) is 127 cm³/mol. The zero-order valence-corrected chi connectivity index (χ0v) is 19.5. The average Bonchev–Trinajstić information content (AvgIpc) is 2.76. The number of hydrogen-bond acceptors (Lipinski definition) is 3. The molecular formula is C24H31ClN2O2S. The first kappa shape index (κ1) is 24.3. The lowest BCUT2D eigenvalue weighted by molar-refractivity contribution is -0.140. The number of amides is 2. The number of carbonyl (C=O) groups is 2. The Hall–Kier alpha value is -1.98. The van der Waals surface area contributed by atoms with E-state index in [1.165, 1.54) is 5.56 Å². The lowest BCUT2D eigenvalue weighted by Crippen LogP contribution is -2.49. The van der Waals surface area contributed by atoms with Crippen molar-refractivity contribution in [3.05, 3.63) is 70.7 Å². The van der Waals surface area contributed by atoms with E-state index in [9.17, 15) is 9.59 Å². The number of thioether (sulfide) groups is 1. The topological polar surface area (TPSA) is 49.4 Å². The molecule has 0 aliphatic rings. The Balaban J connectivity index is 2.00. The third kappa shape index (κ3) is 8.04. The van der Waals surface area contributed by atoms with Crippen molar-refractivity contribution in [3.63, 3.8) is 0 Å². The molecule has 0 bridgehead atoms. The van der Waals surface area contributed by atoms with E-state index in [0.717, 1.165) is 17.7 Å². The fourth-order valence-electron chi connectivity index (χ4n) is 2.90. The summed E-state index contributed by atoms with van der Waals surface area (Å²) < 4.78 is 0. The molecule has 0 aliphatic carbocycles. The molecular weight excluding hydrogens is 416 g/mol. The monoisotopic (exact) mass is 446 g/mol. The van der Waals surface area contributed by atoms with E-state index in [1.54, 1.807) is 35.7 Å². The summed E-state index contributed by atoms with van der Waals surface area (Å²) >= 11 is 7.71. The molecule has 0 fully saturated rings. The standard InChI is InChI=1S/C24H31ClN2O2S/c1-4-18(2)26-24(29)19(3)27(16-20-10-12-22(25)13-11-20)23(28)14-15-30-17-21-8-6-5-7-9-21/h5-13,18-19H,4,14-17H2,1-3H3,(H,26,29)/t18-,19+/m0/s1. The first-order valence-electron chi connectivity index (χ1n) is 10.4. The molecule has 1 N–H and O–H groups in total. The molecule has 30 heavy (non-hydrogen) atoms. The third-order valence-corrected chi connectivity index (χ3v) is 6.29. The van der Waals surface area contributed by atoms with E-state index in [1.807, 2.05) is 44.2 Å². The van der Waals surface area contributed by atoms with Gasteiger partial charge in [-0.15, -0.1) is 0 Å². The molecule has 2 amide bonds. The maximum absolute atomic E-state index is 13.0. The molecule has 6 heteroatoms. The third-order valence-electron chi connectivity index (χ3n) is 5.01. The van der Waals surface area contributed by atoms with E-state index in [4.69, 9.17) is 11.6 Å². The second kappa shape index (κ2) is 12.7. The van der Waals surface area contributed by atoms with Crippen LogP contribution in [0.5, 0.6) is 0 Å². The number of hydrogen-bond donors (Lipinski definition) is 1.